The predicted molar refractivity (Wildman–Crippen MR) is 129 cm³/mol. The minimum Gasteiger partial charge on any atom is -0.393 e. The average Bonchev–Trinajstić information content (AvgIpc) is 2.94. The largest absolute Gasteiger partial charge is 0.393 e. The number of benzene rings is 3. The Balaban J connectivity index is 1.61. The zero-order chi connectivity index (χ0) is 27.1. The SMILES string of the molecule is Cc1cc(F)c(F)cc1C(=O)Nc1ccc(C(=O)N2CCC(F)(F)[C@](O)(CO)c3cc(Cl)ccc32)cc1. The first-order valence-electron chi connectivity index (χ1n) is 11.1. The summed E-state index contributed by atoms with van der Waals surface area (Å²) in [5.41, 5.74) is -2.89. The first kappa shape index (κ1) is 26.6. The van der Waals surface area contributed by atoms with Crippen LogP contribution in [0.25, 0.3) is 0 Å². The van der Waals surface area contributed by atoms with E-state index in [1.165, 1.54) is 43.3 Å². The summed E-state index contributed by atoms with van der Waals surface area (Å²) in [7, 11) is 0. The molecule has 0 aliphatic carbocycles. The number of nitrogens with one attached hydrogen (secondary N) is 1. The molecule has 3 N–H and O–H groups in total. The van der Waals surface area contributed by atoms with E-state index < -0.39 is 54.5 Å². The number of rotatable bonds is 4. The molecular formula is C26H21ClF4N2O4. The molecule has 1 aliphatic heterocycles. The topological polar surface area (TPSA) is 89.9 Å². The van der Waals surface area contributed by atoms with Gasteiger partial charge in [-0.25, -0.2) is 17.6 Å². The summed E-state index contributed by atoms with van der Waals surface area (Å²) in [5.74, 6) is -7.38. The van der Waals surface area contributed by atoms with Gasteiger partial charge in [-0.15, -0.1) is 0 Å². The Morgan fingerprint density at radius 2 is 1.70 bits per heavy atom. The molecule has 0 saturated carbocycles. The molecule has 1 atom stereocenters. The van der Waals surface area contributed by atoms with E-state index in [1.54, 1.807) is 0 Å². The van der Waals surface area contributed by atoms with Gasteiger partial charge in [0, 0.05) is 40.4 Å². The van der Waals surface area contributed by atoms with Crippen molar-refractivity contribution in [3.63, 3.8) is 0 Å². The average molecular weight is 537 g/mol. The fourth-order valence-corrected chi connectivity index (χ4v) is 4.38. The van der Waals surface area contributed by atoms with Crippen molar-refractivity contribution in [1.29, 1.82) is 0 Å². The van der Waals surface area contributed by atoms with Gasteiger partial charge in [0.15, 0.2) is 17.2 Å². The fourth-order valence-electron chi connectivity index (χ4n) is 4.20. The highest BCUT2D eigenvalue weighted by Crippen LogP contribution is 2.47. The van der Waals surface area contributed by atoms with Gasteiger partial charge in [-0.1, -0.05) is 11.6 Å². The normalized spacial score (nSPS) is 18.6. The van der Waals surface area contributed by atoms with E-state index in [4.69, 9.17) is 11.6 Å². The molecule has 0 aromatic heterocycles. The Kier molecular flexibility index (Phi) is 7.02. The van der Waals surface area contributed by atoms with E-state index in [0.717, 1.165) is 23.1 Å². The predicted octanol–water partition coefficient (Wildman–Crippen LogP) is 5.04. The van der Waals surface area contributed by atoms with Gasteiger partial charge in [0.05, 0.1) is 12.3 Å². The third-order valence-electron chi connectivity index (χ3n) is 6.33. The van der Waals surface area contributed by atoms with Crippen LogP contribution < -0.4 is 10.2 Å². The minimum absolute atomic E-state index is 0.0330. The third kappa shape index (κ3) is 4.79. The van der Waals surface area contributed by atoms with Crippen LogP contribution >= 0.6 is 11.6 Å². The Bertz CT molecular complexity index is 1380. The van der Waals surface area contributed by atoms with E-state index in [9.17, 15) is 37.4 Å². The van der Waals surface area contributed by atoms with Gasteiger partial charge in [0.1, 0.15) is 0 Å². The lowest BCUT2D eigenvalue weighted by atomic mass is 9.86. The number of aryl methyl sites for hydroxylation is 1. The Labute approximate surface area is 214 Å². The molecule has 0 saturated heterocycles. The van der Waals surface area contributed by atoms with Crippen molar-refractivity contribution < 1.29 is 37.4 Å². The van der Waals surface area contributed by atoms with Crippen molar-refractivity contribution in [2.45, 2.75) is 24.9 Å². The lowest BCUT2D eigenvalue weighted by Gasteiger charge is -2.33. The van der Waals surface area contributed by atoms with E-state index in [0.29, 0.717) is 0 Å². The van der Waals surface area contributed by atoms with Crippen LogP contribution in [0, 0.1) is 18.6 Å². The number of hydrogen-bond acceptors (Lipinski definition) is 4. The summed E-state index contributed by atoms with van der Waals surface area (Å²) in [4.78, 5) is 26.9. The van der Waals surface area contributed by atoms with Crippen molar-refractivity contribution in [2.75, 3.05) is 23.4 Å². The molecule has 11 heteroatoms. The summed E-state index contributed by atoms with van der Waals surface area (Å²) in [6, 6.07) is 11.0. The van der Waals surface area contributed by atoms with Crippen molar-refractivity contribution >= 4 is 34.8 Å². The number of aliphatic hydroxyl groups excluding tert-OH is 1. The van der Waals surface area contributed by atoms with Gasteiger partial charge in [-0.2, -0.15) is 0 Å². The molecule has 4 rings (SSSR count). The van der Waals surface area contributed by atoms with Gasteiger partial charge in [0.2, 0.25) is 0 Å². The summed E-state index contributed by atoms with van der Waals surface area (Å²) < 4.78 is 56.7. The zero-order valence-corrected chi connectivity index (χ0v) is 20.1. The molecule has 37 heavy (non-hydrogen) atoms. The molecule has 6 nitrogen and oxygen atoms in total. The lowest BCUT2D eigenvalue weighted by Crippen LogP contribution is -2.48. The third-order valence-corrected chi connectivity index (χ3v) is 6.56. The summed E-state index contributed by atoms with van der Waals surface area (Å²) in [6.45, 7) is -0.301. The van der Waals surface area contributed by atoms with Crippen LogP contribution in [0.1, 0.15) is 38.3 Å². The minimum atomic E-state index is -3.76. The van der Waals surface area contributed by atoms with Gasteiger partial charge < -0.3 is 20.4 Å². The number of halogens is 5. The number of nitrogens with zero attached hydrogens (tertiary/aromatic N) is 1. The molecule has 0 radical (unpaired) electrons. The maximum atomic E-state index is 14.9. The quantitative estimate of drug-likeness (QED) is 0.407. The molecule has 2 amide bonds. The molecule has 0 spiro atoms. The number of carbonyl (C=O) groups excluding carboxylic acids is 2. The number of carbonyl (C=O) groups is 2. The molecule has 0 fully saturated rings. The monoisotopic (exact) mass is 536 g/mol. The van der Waals surface area contributed by atoms with Gasteiger partial charge in [-0.3, -0.25) is 9.59 Å². The van der Waals surface area contributed by atoms with Crippen LogP contribution in [0.3, 0.4) is 0 Å². The van der Waals surface area contributed by atoms with Gasteiger partial charge in [-0.05, 0) is 67.1 Å². The highest BCUT2D eigenvalue weighted by molar-refractivity contribution is 6.30. The van der Waals surface area contributed by atoms with E-state index in [1.807, 2.05) is 0 Å². The number of fused-ring (bicyclic) bond motifs is 1. The van der Waals surface area contributed by atoms with Crippen LogP contribution in [0.5, 0.6) is 0 Å². The van der Waals surface area contributed by atoms with Crippen molar-refractivity contribution in [1.82, 2.24) is 0 Å². The first-order valence-corrected chi connectivity index (χ1v) is 11.5. The first-order chi connectivity index (χ1) is 17.4. The van der Waals surface area contributed by atoms with Gasteiger partial charge >= 0.3 is 0 Å². The summed E-state index contributed by atoms with van der Waals surface area (Å²) in [6.07, 6.45) is -0.927. The van der Waals surface area contributed by atoms with E-state index >= 15 is 0 Å². The van der Waals surface area contributed by atoms with Crippen LogP contribution in [0.15, 0.2) is 54.6 Å². The molecule has 0 bridgehead atoms. The number of aliphatic hydroxyl groups is 2. The zero-order valence-electron chi connectivity index (χ0n) is 19.4. The number of alkyl halides is 2. The molecule has 1 aliphatic rings. The maximum Gasteiger partial charge on any atom is 0.284 e. The van der Waals surface area contributed by atoms with Crippen LogP contribution in [-0.4, -0.2) is 41.1 Å². The summed E-state index contributed by atoms with van der Waals surface area (Å²) in [5, 5.41) is 22.9. The highest BCUT2D eigenvalue weighted by Gasteiger charge is 2.56. The van der Waals surface area contributed by atoms with Crippen molar-refractivity contribution in [3.8, 4) is 0 Å². The van der Waals surface area contributed by atoms with E-state index in [2.05, 4.69) is 5.32 Å². The number of hydrogen-bond donors (Lipinski definition) is 3. The van der Waals surface area contributed by atoms with Crippen LogP contribution in [0.2, 0.25) is 5.02 Å². The summed E-state index contributed by atoms with van der Waals surface area (Å²) >= 11 is 5.97. The van der Waals surface area contributed by atoms with Crippen LogP contribution in [0.4, 0.5) is 28.9 Å². The molecule has 0 unspecified atom stereocenters. The smallest absolute Gasteiger partial charge is 0.284 e. The second-order valence-corrected chi connectivity index (χ2v) is 9.14. The second-order valence-electron chi connectivity index (χ2n) is 8.70. The van der Waals surface area contributed by atoms with Crippen molar-refractivity contribution in [2.24, 2.45) is 0 Å². The number of amides is 2. The van der Waals surface area contributed by atoms with E-state index in [-0.39, 0.29) is 38.7 Å². The molecule has 194 valence electrons. The maximum absolute atomic E-state index is 14.9. The lowest BCUT2D eigenvalue weighted by molar-refractivity contribution is -0.205. The molecule has 1 heterocycles. The Morgan fingerprint density at radius 1 is 1.05 bits per heavy atom. The Hall–Kier alpha value is -3.47. The molecule has 3 aromatic carbocycles. The highest BCUT2D eigenvalue weighted by atomic mass is 35.5. The number of anilines is 2. The van der Waals surface area contributed by atoms with Crippen molar-refractivity contribution in [3.05, 3.63) is 93.5 Å². The fraction of sp³-hybridized carbons (Fsp3) is 0.231. The van der Waals surface area contributed by atoms with Gasteiger partial charge in [0.25, 0.3) is 17.7 Å². The second kappa shape index (κ2) is 9.77. The molecular weight excluding hydrogens is 516 g/mol. The Morgan fingerprint density at radius 3 is 2.35 bits per heavy atom. The van der Waals surface area contributed by atoms with Crippen LogP contribution in [-0.2, 0) is 5.60 Å². The standard InChI is InChI=1S/C26H21ClF4N2O4/c1-14-10-20(28)21(29)12-18(14)23(35)32-17-5-2-15(3-6-17)24(36)33-9-8-26(30,31)25(37,13-34)19-11-16(27)4-7-22(19)33/h2-7,10-12,34,37H,8-9,13H2,1H3,(H,32,35)/t25-/m0/s1. The molecule has 3 aromatic rings.